The van der Waals surface area contributed by atoms with Crippen molar-refractivity contribution in [3.05, 3.63) is 25.3 Å². The molecule has 0 fully saturated rings. The molecule has 19 heavy (non-hydrogen) atoms. The maximum atomic E-state index is 8.50. The van der Waals surface area contributed by atoms with Crippen molar-refractivity contribution in [2.75, 3.05) is 39.6 Å². The van der Waals surface area contributed by atoms with Crippen molar-refractivity contribution in [3.8, 4) is 0 Å². The minimum Gasteiger partial charge on any atom is -0.396 e. The van der Waals surface area contributed by atoms with Crippen LogP contribution >= 0.6 is 0 Å². The summed E-state index contributed by atoms with van der Waals surface area (Å²) >= 11 is 0. The summed E-state index contributed by atoms with van der Waals surface area (Å²) < 4.78 is 4.90. The molecule has 0 aliphatic rings. The fraction of sp³-hybridized carbons (Fsp3) is 0.714. The van der Waals surface area contributed by atoms with Gasteiger partial charge in [-0.15, -0.1) is 13.2 Å². The molecule has 0 aromatic rings. The van der Waals surface area contributed by atoms with E-state index in [4.69, 9.17) is 25.2 Å². The Kier molecular flexibility index (Phi) is 24.1. The Morgan fingerprint density at radius 1 is 0.842 bits per heavy atom. The summed E-state index contributed by atoms with van der Waals surface area (Å²) in [5, 5.41) is 34.0. The average molecular weight is 278 g/mol. The Bertz CT molecular complexity index is 153. The number of hydrogen-bond acceptors (Lipinski definition) is 5. The lowest BCUT2D eigenvalue weighted by Crippen LogP contribution is -2.37. The molecule has 0 rings (SSSR count). The monoisotopic (exact) mass is 278 g/mol. The van der Waals surface area contributed by atoms with E-state index in [1.807, 2.05) is 0 Å². The van der Waals surface area contributed by atoms with Crippen LogP contribution in [0.1, 0.15) is 20.3 Å². The molecule has 0 unspecified atom stereocenters. The molecule has 0 amide bonds. The topological polar surface area (TPSA) is 90.2 Å². The summed E-state index contributed by atoms with van der Waals surface area (Å²) in [4.78, 5) is 0. The molecular weight excluding hydrogens is 248 g/mol. The first-order valence-electron chi connectivity index (χ1n) is 6.30. The molecule has 0 heterocycles. The van der Waals surface area contributed by atoms with Gasteiger partial charge < -0.3 is 25.2 Å². The Hall–Kier alpha value is -0.720. The van der Waals surface area contributed by atoms with Crippen molar-refractivity contribution in [2.24, 2.45) is 5.41 Å². The second-order valence-electron chi connectivity index (χ2n) is 3.95. The summed E-state index contributed by atoms with van der Waals surface area (Å²) in [6.07, 6.45) is 4.67. The zero-order valence-corrected chi connectivity index (χ0v) is 12.2. The van der Waals surface area contributed by atoms with E-state index >= 15 is 0 Å². The molecule has 0 aromatic carbocycles. The van der Waals surface area contributed by atoms with E-state index in [1.165, 1.54) is 6.42 Å². The van der Waals surface area contributed by atoms with Crippen LogP contribution in [0, 0.1) is 5.41 Å². The molecule has 0 spiro atoms. The lowest BCUT2D eigenvalue weighted by molar-refractivity contribution is -0.0328. The summed E-state index contributed by atoms with van der Waals surface area (Å²) in [6, 6.07) is 0. The predicted molar refractivity (Wildman–Crippen MR) is 78.0 cm³/mol. The largest absolute Gasteiger partial charge is 0.396 e. The molecule has 0 saturated heterocycles. The molecule has 0 aromatic heterocycles. The predicted octanol–water partition coefficient (Wildman–Crippen LogP) is 0.733. The maximum Gasteiger partial charge on any atom is 0.0649 e. The molecule has 0 bridgehead atoms. The van der Waals surface area contributed by atoms with Crippen molar-refractivity contribution in [1.29, 1.82) is 0 Å². The van der Waals surface area contributed by atoms with Crippen LogP contribution in [-0.2, 0) is 4.74 Å². The molecule has 5 nitrogen and oxygen atoms in total. The van der Waals surface area contributed by atoms with Gasteiger partial charge in [0.25, 0.3) is 0 Å². The highest BCUT2D eigenvalue weighted by atomic mass is 16.5. The second-order valence-corrected chi connectivity index (χ2v) is 3.95. The molecule has 5 heteroatoms. The summed E-state index contributed by atoms with van der Waals surface area (Å²) in [6.45, 7) is 10.8. The van der Waals surface area contributed by atoms with Gasteiger partial charge in [-0.25, -0.2) is 0 Å². The molecular formula is C14H30O5. The van der Waals surface area contributed by atoms with Gasteiger partial charge in [0.15, 0.2) is 0 Å². The molecule has 0 aliphatic heterocycles. The van der Waals surface area contributed by atoms with Gasteiger partial charge >= 0.3 is 0 Å². The Morgan fingerprint density at radius 3 is 1.21 bits per heavy atom. The van der Waals surface area contributed by atoms with Crippen LogP contribution in [-0.4, -0.2) is 60.1 Å². The molecule has 116 valence electrons. The summed E-state index contributed by atoms with van der Waals surface area (Å²) in [7, 11) is 0. The number of rotatable bonds is 8. The number of aliphatic hydroxyl groups excluding tert-OH is 4. The highest BCUT2D eigenvalue weighted by molar-refractivity contribution is 4.74. The number of aliphatic hydroxyl groups is 4. The third kappa shape index (κ3) is 17.3. The molecule has 0 saturated carbocycles. The fourth-order valence-electron chi connectivity index (χ4n) is 0.535. The summed E-state index contributed by atoms with van der Waals surface area (Å²) in [5.74, 6) is 0. The SMILES string of the molecule is C=CCOCC=C.CCC.OCC(CO)(CO)CO. The standard InChI is InChI=1S/C6H10O.C5H12O4.C3H8/c1-3-5-7-6-4-2;6-1-5(2-7,3-8)4-9;1-3-2/h3-4H,1-2,5-6H2;6-9H,1-4H2;3H2,1-2H3. The Morgan fingerprint density at radius 2 is 1.11 bits per heavy atom. The second kappa shape index (κ2) is 19.6. The third-order valence-corrected chi connectivity index (χ3v) is 1.81. The van der Waals surface area contributed by atoms with Crippen molar-refractivity contribution in [1.82, 2.24) is 0 Å². The normalized spacial score (nSPS) is 9.58. The maximum absolute atomic E-state index is 8.50. The van der Waals surface area contributed by atoms with E-state index in [-0.39, 0.29) is 0 Å². The first-order valence-corrected chi connectivity index (χ1v) is 6.30. The highest BCUT2D eigenvalue weighted by Gasteiger charge is 2.26. The first-order chi connectivity index (χ1) is 9.07. The van der Waals surface area contributed by atoms with Crippen LogP contribution in [0.5, 0.6) is 0 Å². The molecule has 4 N–H and O–H groups in total. The minimum absolute atomic E-state index is 0.406. The van der Waals surface area contributed by atoms with Gasteiger partial charge in [0.2, 0.25) is 0 Å². The van der Waals surface area contributed by atoms with Gasteiger partial charge in [0, 0.05) is 0 Å². The van der Waals surface area contributed by atoms with Gasteiger partial charge in [-0.3, -0.25) is 0 Å². The lowest BCUT2D eigenvalue weighted by atomic mass is 9.93. The van der Waals surface area contributed by atoms with Crippen LogP contribution in [0.3, 0.4) is 0 Å². The zero-order chi connectivity index (χ0) is 15.6. The van der Waals surface area contributed by atoms with E-state index in [0.29, 0.717) is 13.2 Å². The van der Waals surface area contributed by atoms with Crippen LogP contribution < -0.4 is 0 Å². The summed E-state index contributed by atoms with van der Waals surface area (Å²) in [5.41, 5.74) is -1.11. The van der Waals surface area contributed by atoms with Gasteiger partial charge in [-0.05, 0) is 0 Å². The fourth-order valence-corrected chi connectivity index (χ4v) is 0.535. The van der Waals surface area contributed by atoms with Crippen molar-refractivity contribution >= 4 is 0 Å². The van der Waals surface area contributed by atoms with E-state index in [0.717, 1.165) is 0 Å². The first kappa shape index (κ1) is 23.4. The molecule has 0 aliphatic carbocycles. The zero-order valence-electron chi connectivity index (χ0n) is 12.2. The van der Waals surface area contributed by atoms with Crippen molar-refractivity contribution in [2.45, 2.75) is 20.3 Å². The van der Waals surface area contributed by atoms with Crippen LogP contribution in [0.25, 0.3) is 0 Å². The van der Waals surface area contributed by atoms with Gasteiger partial charge in [-0.2, -0.15) is 0 Å². The Labute approximate surface area is 116 Å². The van der Waals surface area contributed by atoms with Crippen LogP contribution in [0.15, 0.2) is 25.3 Å². The number of ether oxygens (including phenoxy) is 1. The molecule has 0 atom stereocenters. The van der Waals surface area contributed by atoms with E-state index in [2.05, 4.69) is 27.0 Å². The van der Waals surface area contributed by atoms with Gasteiger partial charge in [0.1, 0.15) is 0 Å². The smallest absolute Gasteiger partial charge is 0.0649 e. The van der Waals surface area contributed by atoms with Gasteiger partial charge in [-0.1, -0.05) is 32.4 Å². The highest BCUT2D eigenvalue weighted by Crippen LogP contribution is 2.11. The van der Waals surface area contributed by atoms with Gasteiger partial charge in [0.05, 0.1) is 45.1 Å². The third-order valence-electron chi connectivity index (χ3n) is 1.81. The van der Waals surface area contributed by atoms with Crippen LogP contribution in [0.2, 0.25) is 0 Å². The minimum atomic E-state index is -1.11. The quantitative estimate of drug-likeness (QED) is 0.388. The Balaban J connectivity index is -0.000000228. The van der Waals surface area contributed by atoms with Crippen molar-refractivity contribution in [3.63, 3.8) is 0 Å². The lowest BCUT2D eigenvalue weighted by Gasteiger charge is -2.23. The van der Waals surface area contributed by atoms with Crippen LogP contribution in [0.4, 0.5) is 0 Å². The average Bonchev–Trinajstić information content (AvgIpc) is 2.44. The van der Waals surface area contributed by atoms with E-state index in [9.17, 15) is 0 Å². The van der Waals surface area contributed by atoms with E-state index < -0.39 is 31.8 Å². The van der Waals surface area contributed by atoms with E-state index in [1.54, 1.807) is 12.2 Å². The van der Waals surface area contributed by atoms with Crippen molar-refractivity contribution < 1.29 is 25.2 Å². The molecule has 0 radical (unpaired) electrons. The number of hydrogen-bond donors (Lipinski definition) is 4.